The fourth-order valence-electron chi connectivity index (χ4n) is 3.87. The molecule has 0 atom stereocenters. The molecule has 1 aromatic heterocycles. The zero-order valence-electron chi connectivity index (χ0n) is 18.8. The summed E-state index contributed by atoms with van der Waals surface area (Å²) < 4.78 is 12.3. The minimum absolute atomic E-state index is 0.127. The number of carbonyl (C=O) groups is 1. The molecular formula is C26H23IN4O4. The fourth-order valence-corrected chi connectivity index (χ4v) is 4.36. The summed E-state index contributed by atoms with van der Waals surface area (Å²) in [6.45, 7) is 4.36. The van der Waals surface area contributed by atoms with Crippen molar-refractivity contribution in [1.29, 1.82) is 0 Å². The molecule has 3 aromatic carbocycles. The van der Waals surface area contributed by atoms with Gasteiger partial charge in [0.2, 0.25) is 5.88 Å². The third kappa shape index (κ3) is 5.69. The van der Waals surface area contributed by atoms with Crippen LogP contribution in [0.3, 0.4) is 0 Å². The van der Waals surface area contributed by atoms with Crippen LogP contribution in [-0.2, 0) is 11.3 Å². The Morgan fingerprint density at radius 2 is 1.71 bits per heavy atom. The first-order valence-corrected chi connectivity index (χ1v) is 12.3. The van der Waals surface area contributed by atoms with Crippen molar-refractivity contribution in [3.05, 3.63) is 81.4 Å². The molecule has 1 aliphatic rings. The number of fused-ring (bicyclic) bond motifs is 1. The number of benzene rings is 3. The number of nitrogens with zero attached hydrogens (tertiary/aromatic N) is 3. The van der Waals surface area contributed by atoms with E-state index in [0.29, 0.717) is 16.7 Å². The summed E-state index contributed by atoms with van der Waals surface area (Å²) in [5.74, 6) is 0.698. The number of azo groups is 1. The maximum Gasteiger partial charge on any atom is 0.295 e. The molecule has 9 heteroatoms. The number of nitrogens with one attached hydrogen (secondary N) is 1. The molecule has 35 heavy (non-hydrogen) atoms. The number of hydrogen-bond acceptors (Lipinski definition) is 6. The number of ether oxygens (including phenoxy) is 2. The summed E-state index contributed by atoms with van der Waals surface area (Å²) in [6.07, 6.45) is 0. The molecule has 4 aromatic rings. The van der Waals surface area contributed by atoms with E-state index in [1.54, 1.807) is 24.3 Å². The van der Waals surface area contributed by atoms with Crippen molar-refractivity contribution in [3.8, 4) is 17.4 Å². The predicted octanol–water partition coefficient (Wildman–Crippen LogP) is 6.03. The van der Waals surface area contributed by atoms with Crippen LogP contribution < -0.4 is 4.74 Å². The number of amides is 1. The first kappa shape index (κ1) is 23.5. The molecule has 1 aliphatic heterocycles. The predicted molar refractivity (Wildman–Crippen MR) is 141 cm³/mol. The zero-order chi connectivity index (χ0) is 24.2. The number of aromatic amines is 1. The summed E-state index contributed by atoms with van der Waals surface area (Å²) in [5, 5.41) is 18.6. The van der Waals surface area contributed by atoms with Gasteiger partial charge in [0.05, 0.1) is 18.7 Å². The number of H-pyrrole nitrogens is 1. The molecule has 178 valence electrons. The van der Waals surface area contributed by atoms with Gasteiger partial charge in [0.25, 0.3) is 5.91 Å². The van der Waals surface area contributed by atoms with Crippen molar-refractivity contribution in [2.45, 2.75) is 6.54 Å². The molecule has 5 rings (SSSR count). The van der Waals surface area contributed by atoms with Crippen LogP contribution in [0.2, 0.25) is 0 Å². The van der Waals surface area contributed by atoms with Crippen molar-refractivity contribution in [1.82, 2.24) is 9.88 Å². The maximum atomic E-state index is 12.5. The minimum Gasteiger partial charge on any atom is -0.493 e. The first-order valence-electron chi connectivity index (χ1n) is 11.2. The standard InChI is InChI=1S/C26H23IN4O4/c27-19-5-10-23-22(15-19)24(26(33)28-23)29-30-25(32)18-3-8-21(9-4-18)35-20-6-1-17(2-7-20)16-31-11-13-34-14-12-31/h1-10,15,28,33H,11-14,16H2. The van der Waals surface area contributed by atoms with E-state index in [2.05, 4.69) is 54.8 Å². The Bertz CT molecular complexity index is 1360. The van der Waals surface area contributed by atoms with Crippen LogP contribution in [0.5, 0.6) is 17.4 Å². The van der Waals surface area contributed by atoms with Crippen LogP contribution in [0.25, 0.3) is 10.9 Å². The third-order valence-electron chi connectivity index (χ3n) is 5.73. The van der Waals surface area contributed by atoms with Crippen molar-refractivity contribution in [3.63, 3.8) is 0 Å². The van der Waals surface area contributed by atoms with E-state index in [1.807, 2.05) is 30.3 Å². The number of carbonyl (C=O) groups excluding carboxylic acids is 1. The summed E-state index contributed by atoms with van der Waals surface area (Å²) in [4.78, 5) is 17.7. The Balaban J connectivity index is 1.21. The summed E-state index contributed by atoms with van der Waals surface area (Å²) >= 11 is 2.18. The molecule has 1 fully saturated rings. The van der Waals surface area contributed by atoms with Crippen LogP contribution >= 0.6 is 22.6 Å². The highest BCUT2D eigenvalue weighted by molar-refractivity contribution is 14.1. The Labute approximate surface area is 215 Å². The van der Waals surface area contributed by atoms with E-state index in [0.717, 1.165) is 47.7 Å². The number of aromatic nitrogens is 1. The summed E-state index contributed by atoms with van der Waals surface area (Å²) in [7, 11) is 0. The van der Waals surface area contributed by atoms with Gasteiger partial charge in [-0.3, -0.25) is 9.69 Å². The largest absolute Gasteiger partial charge is 0.493 e. The van der Waals surface area contributed by atoms with Gasteiger partial charge in [-0.1, -0.05) is 12.1 Å². The first-order chi connectivity index (χ1) is 17.0. The van der Waals surface area contributed by atoms with E-state index >= 15 is 0 Å². The monoisotopic (exact) mass is 582 g/mol. The second-order valence-electron chi connectivity index (χ2n) is 8.18. The molecule has 0 bridgehead atoms. The maximum absolute atomic E-state index is 12.5. The molecule has 0 radical (unpaired) electrons. The highest BCUT2D eigenvalue weighted by atomic mass is 127. The normalized spacial score (nSPS) is 14.5. The Morgan fingerprint density at radius 1 is 1.03 bits per heavy atom. The smallest absolute Gasteiger partial charge is 0.295 e. The molecule has 0 spiro atoms. The highest BCUT2D eigenvalue weighted by Gasteiger charge is 2.13. The average molecular weight is 582 g/mol. The minimum atomic E-state index is -0.511. The molecule has 1 amide bonds. The molecule has 0 saturated carbocycles. The molecule has 1 saturated heterocycles. The van der Waals surface area contributed by atoms with Gasteiger partial charge in [-0.15, -0.1) is 10.2 Å². The zero-order valence-corrected chi connectivity index (χ0v) is 20.9. The number of rotatable bonds is 6. The lowest BCUT2D eigenvalue weighted by Gasteiger charge is -2.26. The van der Waals surface area contributed by atoms with Gasteiger partial charge in [0.15, 0.2) is 5.69 Å². The van der Waals surface area contributed by atoms with Gasteiger partial charge in [-0.25, -0.2) is 0 Å². The van der Waals surface area contributed by atoms with Crippen molar-refractivity contribution in [2.24, 2.45) is 10.2 Å². The summed E-state index contributed by atoms with van der Waals surface area (Å²) in [6, 6.07) is 20.3. The number of morpholine rings is 1. The molecule has 0 aliphatic carbocycles. The number of hydrogen-bond donors (Lipinski definition) is 2. The van der Waals surface area contributed by atoms with E-state index in [-0.39, 0.29) is 11.6 Å². The van der Waals surface area contributed by atoms with Crippen molar-refractivity contribution in [2.75, 3.05) is 26.3 Å². The van der Waals surface area contributed by atoms with Crippen molar-refractivity contribution >= 4 is 45.1 Å². The van der Waals surface area contributed by atoms with Gasteiger partial charge in [0, 0.05) is 34.2 Å². The van der Waals surface area contributed by atoms with E-state index in [1.165, 1.54) is 5.56 Å². The van der Waals surface area contributed by atoms with Gasteiger partial charge in [0.1, 0.15) is 11.5 Å². The van der Waals surface area contributed by atoms with Gasteiger partial charge in [-0.05, 0) is 82.8 Å². The van der Waals surface area contributed by atoms with Crippen LogP contribution in [-0.4, -0.2) is 47.2 Å². The van der Waals surface area contributed by atoms with Crippen LogP contribution in [0.15, 0.2) is 77.0 Å². The average Bonchev–Trinajstić information content (AvgIpc) is 3.19. The van der Waals surface area contributed by atoms with Gasteiger partial charge < -0.3 is 19.6 Å². The lowest BCUT2D eigenvalue weighted by Crippen LogP contribution is -2.35. The second-order valence-corrected chi connectivity index (χ2v) is 9.42. The Morgan fingerprint density at radius 3 is 2.43 bits per heavy atom. The van der Waals surface area contributed by atoms with Crippen LogP contribution in [0, 0.1) is 3.57 Å². The second kappa shape index (κ2) is 10.5. The Hall–Kier alpha value is -3.28. The molecule has 2 N–H and O–H groups in total. The van der Waals surface area contributed by atoms with Gasteiger partial charge in [-0.2, -0.15) is 0 Å². The van der Waals surface area contributed by atoms with Gasteiger partial charge >= 0.3 is 0 Å². The lowest BCUT2D eigenvalue weighted by molar-refractivity contribution is 0.0342. The van der Waals surface area contributed by atoms with E-state index in [9.17, 15) is 9.90 Å². The molecule has 2 heterocycles. The van der Waals surface area contributed by atoms with E-state index in [4.69, 9.17) is 9.47 Å². The number of aromatic hydroxyl groups is 1. The number of halogens is 1. The van der Waals surface area contributed by atoms with Crippen LogP contribution in [0.1, 0.15) is 15.9 Å². The summed E-state index contributed by atoms with van der Waals surface area (Å²) in [5.41, 5.74) is 2.56. The lowest BCUT2D eigenvalue weighted by atomic mass is 10.2. The third-order valence-corrected chi connectivity index (χ3v) is 6.40. The molecule has 8 nitrogen and oxygen atoms in total. The quantitative estimate of drug-likeness (QED) is 0.214. The molecular weight excluding hydrogens is 559 g/mol. The molecule has 0 unspecified atom stereocenters. The van der Waals surface area contributed by atoms with E-state index < -0.39 is 5.91 Å². The Kier molecular flexibility index (Phi) is 7.07. The SMILES string of the molecule is O=C(N=Nc1c(O)[nH]c2ccc(I)cc12)c1ccc(Oc2ccc(CN3CCOCC3)cc2)cc1. The van der Waals surface area contributed by atoms with Crippen molar-refractivity contribution < 1.29 is 19.4 Å². The fraction of sp³-hybridized carbons (Fsp3) is 0.192. The van der Waals surface area contributed by atoms with Crippen LogP contribution in [0.4, 0.5) is 5.69 Å². The highest BCUT2D eigenvalue weighted by Crippen LogP contribution is 2.36. The topological polar surface area (TPSA) is 99.5 Å².